The molecule has 1 aromatic carbocycles. The molecular formula is C23H20N6O. The van der Waals surface area contributed by atoms with Crippen LogP contribution in [0, 0.1) is 0 Å². The normalized spacial score (nSPS) is 11.3. The van der Waals surface area contributed by atoms with Crippen LogP contribution in [0.3, 0.4) is 0 Å². The molecule has 0 atom stereocenters. The Labute approximate surface area is 173 Å². The third-order valence-corrected chi connectivity index (χ3v) is 4.70. The van der Waals surface area contributed by atoms with Crippen LogP contribution in [-0.2, 0) is 0 Å². The van der Waals surface area contributed by atoms with Gasteiger partial charge in [0.1, 0.15) is 0 Å². The Hall–Kier alpha value is -4.00. The van der Waals surface area contributed by atoms with Crippen molar-refractivity contribution in [2.45, 2.75) is 20.0 Å². The zero-order chi connectivity index (χ0) is 20.5. The number of rotatable bonds is 5. The first-order chi connectivity index (χ1) is 14.7. The van der Waals surface area contributed by atoms with Crippen LogP contribution in [0.4, 0.5) is 0 Å². The number of hydrogen-bond donors (Lipinski definition) is 1. The fraction of sp³-hybridized carbons (Fsp3) is 0.130. The Kier molecular flexibility index (Phi) is 4.48. The summed E-state index contributed by atoms with van der Waals surface area (Å²) in [6.45, 7) is 3.94. The van der Waals surface area contributed by atoms with Gasteiger partial charge >= 0.3 is 0 Å². The lowest BCUT2D eigenvalue weighted by molar-refractivity contribution is 0.232. The summed E-state index contributed by atoms with van der Waals surface area (Å²) in [5.74, 6) is 1.29. The smallest absolute Gasteiger partial charge is 0.233 e. The fourth-order valence-corrected chi connectivity index (χ4v) is 3.38. The molecule has 0 saturated heterocycles. The topological polar surface area (TPSA) is 81.5 Å². The van der Waals surface area contributed by atoms with Gasteiger partial charge in [0.2, 0.25) is 5.88 Å². The number of pyridine rings is 1. The zero-order valence-corrected chi connectivity index (χ0v) is 16.6. The van der Waals surface area contributed by atoms with Crippen molar-refractivity contribution in [2.24, 2.45) is 0 Å². The second-order valence-corrected chi connectivity index (χ2v) is 7.20. The zero-order valence-electron chi connectivity index (χ0n) is 16.6. The number of hydrogen-bond acceptors (Lipinski definition) is 5. The van der Waals surface area contributed by atoms with E-state index in [0.29, 0.717) is 5.88 Å². The molecule has 0 aliphatic carbocycles. The summed E-state index contributed by atoms with van der Waals surface area (Å²) in [4.78, 5) is 17.0. The molecule has 0 aliphatic rings. The molecule has 0 saturated carbocycles. The van der Waals surface area contributed by atoms with Gasteiger partial charge in [-0.25, -0.2) is 14.6 Å². The number of aromatic nitrogens is 6. The van der Waals surface area contributed by atoms with Gasteiger partial charge in [-0.15, -0.1) is 0 Å². The number of benzene rings is 1. The predicted molar refractivity (Wildman–Crippen MR) is 115 cm³/mol. The van der Waals surface area contributed by atoms with Crippen LogP contribution in [0.2, 0.25) is 0 Å². The second kappa shape index (κ2) is 7.44. The van der Waals surface area contributed by atoms with Gasteiger partial charge in [-0.3, -0.25) is 4.98 Å². The molecule has 0 fully saturated rings. The van der Waals surface area contributed by atoms with Gasteiger partial charge in [0.05, 0.1) is 29.9 Å². The Bertz CT molecular complexity index is 1310. The summed E-state index contributed by atoms with van der Waals surface area (Å²) in [5.41, 5.74) is 4.65. The van der Waals surface area contributed by atoms with Gasteiger partial charge < -0.3 is 9.72 Å². The molecule has 7 heteroatoms. The van der Waals surface area contributed by atoms with E-state index in [0.717, 1.165) is 39.2 Å². The van der Waals surface area contributed by atoms with Crippen LogP contribution in [0.5, 0.6) is 5.88 Å². The van der Waals surface area contributed by atoms with E-state index in [1.54, 1.807) is 23.3 Å². The molecule has 0 spiro atoms. The first-order valence-corrected chi connectivity index (χ1v) is 9.75. The maximum Gasteiger partial charge on any atom is 0.233 e. The van der Waals surface area contributed by atoms with Crippen LogP contribution in [0.1, 0.15) is 13.8 Å². The van der Waals surface area contributed by atoms with E-state index >= 15 is 0 Å². The van der Waals surface area contributed by atoms with Gasteiger partial charge in [-0.2, -0.15) is 5.10 Å². The average molecular weight is 396 g/mol. The Morgan fingerprint density at radius 2 is 1.93 bits per heavy atom. The van der Waals surface area contributed by atoms with Crippen molar-refractivity contribution in [1.29, 1.82) is 0 Å². The third kappa shape index (κ3) is 3.41. The molecule has 0 radical (unpaired) electrons. The Morgan fingerprint density at radius 3 is 2.77 bits per heavy atom. The summed E-state index contributed by atoms with van der Waals surface area (Å²) in [5, 5.41) is 5.34. The van der Waals surface area contributed by atoms with E-state index in [2.05, 4.69) is 26.1 Å². The molecule has 0 amide bonds. The SMILES string of the molecule is CC(C)Oc1cncc(-c2ccc3[nH]cc(-c4cccc(-n5cccn5)n4)c3c2)n1. The van der Waals surface area contributed by atoms with Crippen LogP contribution in [0.25, 0.3) is 39.2 Å². The standard InChI is InChI=1S/C23H20N6O/c1-15(2)30-23-14-24-13-21(28-23)16-7-8-19-17(11-16)18(12-25-19)20-5-3-6-22(27-20)29-10-4-9-26-29/h3-15,25H,1-2H3. The van der Waals surface area contributed by atoms with Crippen LogP contribution in [-0.4, -0.2) is 35.8 Å². The molecular weight excluding hydrogens is 376 g/mol. The summed E-state index contributed by atoms with van der Waals surface area (Å²) < 4.78 is 7.44. The quantitative estimate of drug-likeness (QED) is 0.467. The molecule has 0 bridgehead atoms. The second-order valence-electron chi connectivity index (χ2n) is 7.20. The van der Waals surface area contributed by atoms with Crippen LogP contribution < -0.4 is 4.74 Å². The lowest BCUT2D eigenvalue weighted by Gasteiger charge is -2.09. The highest BCUT2D eigenvalue weighted by Gasteiger charge is 2.12. The Morgan fingerprint density at radius 1 is 1.00 bits per heavy atom. The minimum absolute atomic E-state index is 0.0430. The van der Waals surface area contributed by atoms with Gasteiger partial charge in [0, 0.05) is 40.6 Å². The minimum atomic E-state index is 0.0430. The maximum absolute atomic E-state index is 5.69. The van der Waals surface area contributed by atoms with Gasteiger partial charge in [-0.1, -0.05) is 12.1 Å². The molecule has 0 aliphatic heterocycles. The predicted octanol–water partition coefficient (Wildman–Crippen LogP) is 4.66. The molecule has 7 nitrogen and oxygen atoms in total. The molecule has 1 N–H and O–H groups in total. The van der Waals surface area contributed by atoms with Crippen molar-refractivity contribution in [1.82, 2.24) is 29.7 Å². The highest BCUT2D eigenvalue weighted by Crippen LogP contribution is 2.31. The van der Waals surface area contributed by atoms with Crippen molar-refractivity contribution in [3.05, 3.63) is 73.4 Å². The monoisotopic (exact) mass is 396 g/mol. The van der Waals surface area contributed by atoms with E-state index in [1.165, 1.54) is 0 Å². The summed E-state index contributed by atoms with van der Waals surface area (Å²) in [6.07, 6.45) is 9.02. The maximum atomic E-state index is 5.69. The molecule has 5 rings (SSSR count). The van der Waals surface area contributed by atoms with E-state index in [-0.39, 0.29) is 6.10 Å². The van der Waals surface area contributed by atoms with Crippen LogP contribution >= 0.6 is 0 Å². The van der Waals surface area contributed by atoms with Gasteiger partial charge in [0.15, 0.2) is 5.82 Å². The van der Waals surface area contributed by atoms with Crippen molar-refractivity contribution in [3.8, 4) is 34.2 Å². The number of fused-ring (bicyclic) bond motifs is 1. The van der Waals surface area contributed by atoms with Crippen molar-refractivity contribution >= 4 is 10.9 Å². The van der Waals surface area contributed by atoms with E-state index < -0.39 is 0 Å². The van der Waals surface area contributed by atoms with Crippen molar-refractivity contribution < 1.29 is 4.74 Å². The number of nitrogens with one attached hydrogen (secondary N) is 1. The van der Waals surface area contributed by atoms with Gasteiger partial charge in [-0.05, 0) is 44.2 Å². The summed E-state index contributed by atoms with van der Waals surface area (Å²) in [6, 6.07) is 14.0. The third-order valence-electron chi connectivity index (χ3n) is 4.70. The minimum Gasteiger partial charge on any atom is -0.474 e. The molecule has 5 aromatic rings. The number of ether oxygens (including phenoxy) is 1. The molecule has 148 valence electrons. The van der Waals surface area contributed by atoms with E-state index in [4.69, 9.17) is 9.72 Å². The van der Waals surface area contributed by atoms with Crippen LogP contribution in [0.15, 0.2) is 73.4 Å². The Balaban J connectivity index is 1.57. The molecule has 4 heterocycles. The highest BCUT2D eigenvalue weighted by molar-refractivity contribution is 5.97. The van der Waals surface area contributed by atoms with Crippen molar-refractivity contribution in [2.75, 3.05) is 0 Å². The lowest BCUT2D eigenvalue weighted by atomic mass is 10.1. The molecule has 4 aromatic heterocycles. The van der Waals surface area contributed by atoms with E-state index in [9.17, 15) is 0 Å². The van der Waals surface area contributed by atoms with Gasteiger partial charge in [0.25, 0.3) is 0 Å². The lowest BCUT2D eigenvalue weighted by Crippen LogP contribution is -2.07. The highest BCUT2D eigenvalue weighted by atomic mass is 16.5. The average Bonchev–Trinajstić information content (AvgIpc) is 3.43. The number of nitrogens with zero attached hydrogens (tertiary/aromatic N) is 5. The first-order valence-electron chi connectivity index (χ1n) is 9.75. The van der Waals surface area contributed by atoms with Crippen molar-refractivity contribution in [3.63, 3.8) is 0 Å². The summed E-state index contributed by atoms with van der Waals surface area (Å²) in [7, 11) is 0. The fourth-order valence-electron chi connectivity index (χ4n) is 3.38. The van der Waals surface area contributed by atoms with E-state index in [1.807, 2.05) is 62.6 Å². The molecule has 0 unspecified atom stereocenters. The number of aromatic amines is 1. The molecule has 30 heavy (non-hydrogen) atoms. The number of H-pyrrole nitrogens is 1. The largest absolute Gasteiger partial charge is 0.474 e. The summed E-state index contributed by atoms with van der Waals surface area (Å²) >= 11 is 0. The first kappa shape index (κ1) is 18.1.